The van der Waals surface area contributed by atoms with Gasteiger partial charge in [-0.25, -0.2) is 0 Å². The summed E-state index contributed by atoms with van der Waals surface area (Å²) in [6, 6.07) is 0. The van der Waals surface area contributed by atoms with Gasteiger partial charge in [-0.05, 0) is 19.1 Å². The van der Waals surface area contributed by atoms with E-state index in [2.05, 4.69) is 11.1 Å². The van der Waals surface area contributed by atoms with Gasteiger partial charge in [0.15, 0.2) is 0 Å². The van der Waals surface area contributed by atoms with Crippen molar-refractivity contribution in [2.45, 2.75) is 18.9 Å². The standard InChI is InChI=1S/C8H13NOS/c1-10-7-5-3-4-6-9-8(7)11-2/h4,6-7H,3,5H2,1-2H3. The Morgan fingerprint density at radius 3 is 3.18 bits per heavy atom. The Hall–Kier alpha value is -0.280. The van der Waals surface area contributed by atoms with Crippen molar-refractivity contribution in [2.24, 2.45) is 4.99 Å². The van der Waals surface area contributed by atoms with Crippen molar-refractivity contribution in [1.82, 2.24) is 0 Å². The van der Waals surface area contributed by atoms with Gasteiger partial charge in [0.05, 0.1) is 0 Å². The fourth-order valence-corrected chi connectivity index (χ4v) is 1.70. The van der Waals surface area contributed by atoms with Gasteiger partial charge >= 0.3 is 0 Å². The highest BCUT2D eigenvalue weighted by Gasteiger charge is 2.14. The molecule has 0 saturated heterocycles. The van der Waals surface area contributed by atoms with Crippen molar-refractivity contribution in [2.75, 3.05) is 13.4 Å². The van der Waals surface area contributed by atoms with Crippen LogP contribution >= 0.6 is 11.8 Å². The summed E-state index contributed by atoms with van der Waals surface area (Å²) >= 11 is 1.67. The minimum absolute atomic E-state index is 0.208. The first kappa shape index (κ1) is 8.81. The zero-order valence-electron chi connectivity index (χ0n) is 6.91. The smallest absolute Gasteiger partial charge is 0.105 e. The number of ether oxygens (including phenoxy) is 1. The molecule has 62 valence electrons. The maximum atomic E-state index is 5.28. The lowest BCUT2D eigenvalue weighted by atomic mass is 10.2. The van der Waals surface area contributed by atoms with E-state index in [9.17, 15) is 0 Å². The zero-order valence-corrected chi connectivity index (χ0v) is 7.73. The third-order valence-electron chi connectivity index (χ3n) is 1.67. The minimum atomic E-state index is 0.208. The lowest BCUT2D eigenvalue weighted by Crippen LogP contribution is -2.18. The fourth-order valence-electron chi connectivity index (χ4n) is 1.06. The van der Waals surface area contributed by atoms with Crippen molar-refractivity contribution in [3.05, 3.63) is 12.3 Å². The van der Waals surface area contributed by atoms with Gasteiger partial charge in [0.2, 0.25) is 0 Å². The van der Waals surface area contributed by atoms with E-state index in [1.165, 1.54) is 0 Å². The van der Waals surface area contributed by atoms with Crippen LogP contribution in [0, 0.1) is 0 Å². The lowest BCUT2D eigenvalue weighted by Gasteiger charge is -2.12. The lowest BCUT2D eigenvalue weighted by molar-refractivity contribution is 0.152. The number of nitrogens with zero attached hydrogens (tertiary/aromatic N) is 1. The average Bonchev–Trinajstić information content (AvgIpc) is 2.27. The van der Waals surface area contributed by atoms with E-state index in [0.717, 1.165) is 17.9 Å². The molecule has 0 aliphatic carbocycles. The monoisotopic (exact) mass is 171 g/mol. The van der Waals surface area contributed by atoms with Crippen LogP contribution in [0.5, 0.6) is 0 Å². The molecule has 1 unspecified atom stereocenters. The Morgan fingerprint density at radius 2 is 2.55 bits per heavy atom. The van der Waals surface area contributed by atoms with Crippen LogP contribution in [0.1, 0.15) is 12.8 Å². The summed E-state index contributed by atoms with van der Waals surface area (Å²) < 4.78 is 5.28. The molecule has 1 heterocycles. The van der Waals surface area contributed by atoms with Crippen molar-refractivity contribution in [3.8, 4) is 0 Å². The highest BCUT2D eigenvalue weighted by Crippen LogP contribution is 2.15. The first-order chi connectivity index (χ1) is 5.38. The predicted molar refractivity (Wildman–Crippen MR) is 50.1 cm³/mol. The largest absolute Gasteiger partial charge is 0.375 e. The van der Waals surface area contributed by atoms with Gasteiger partial charge in [-0.1, -0.05) is 6.08 Å². The molecule has 11 heavy (non-hydrogen) atoms. The summed E-state index contributed by atoms with van der Waals surface area (Å²) in [6.45, 7) is 0. The third kappa shape index (κ3) is 2.34. The first-order valence-electron chi connectivity index (χ1n) is 3.68. The van der Waals surface area contributed by atoms with Gasteiger partial charge in [-0.2, -0.15) is 0 Å². The molecule has 0 aromatic rings. The van der Waals surface area contributed by atoms with Gasteiger partial charge in [-0.3, -0.25) is 4.99 Å². The second-order valence-electron chi connectivity index (χ2n) is 2.36. The molecule has 1 atom stereocenters. The molecule has 0 aromatic carbocycles. The van der Waals surface area contributed by atoms with Crippen molar-refractivity contribution >= 4 is 16.8 Å². The molecule has 0 amide bonds. The number of hydrogen-bond acceptors (Lipinski definition) is 3. The van der Waals surface area contributed by atoms with E-state index in [-0.39, 0.29) is 6.10 Å². The van der Waals surface area contributed by atoms with Crippen molar-refractivity contribution in [3.63, 3.8) is 0 Å². The maximum absolute atomic E-state index is 5.28. The van der Waals surface area contributed by atoms with Crippen LogP contribution in [0.2, 0.25) is 0 Å². The van der Waals surface area contributed by atoms with E-state index in [1.807, 2.05) is 12.5 Å². The summed E-state index contributed by atoms with van der Waals surface area (Å²) in [4.78, 5) is 4.27. The zero-order chi connectivity index (χ0) is 8.10. The Morgan fingerprint density at radius 1 is 1.73 bits per heavy atom. The van der Waals surface area contributed by atoms with Crippen LogP contribution in [0.15, 0.2) is 17.3 Å². The second kappa shape index (κ2) is 4.57. The highest BCUT2D eigenvalue weighted by molar-refractivity contribution is 8.13. The number of aliphatic imine (C=N–C) groups is 1. The van der Waals surface area contributed by atoms with Crippen LogP contribution in [-0.4, -0.2) is 24.5 Å². The summed E-state index contributed by atoms with van der Waals surface area (Å²) in [5, 5.41) is 1.08. The Labute approximate surface area is 71.7 Å². The minimum Gasteiger partial charge on any atom is -0.375 e. The molecule has 3 heteroatoms. The van der Waals surface area contributed by atoms with E-state index in [0.29, 0.717) is 0 Å². The molecule has 1 aliphatic heterocycles. The van der Waals surface area contributed by atoms with E-state index < -0.39 is 0 Å². The Bertz CT molecular complexity index is 177. The van der Waals surface area contributed by atoms with Crippen LogP contribution in [0.3, 0.4) is 0 Å². The van der Waals surface area contributed by atoms with Crippen LogP contribution in [0.4, 0.5) is 0 Å². The average molecular weight is 171 g/mol. The Kier molecular flexibility index (Phi) is 3.66. The number of allylic oxidation sites excluding steroid dienone is 1. The SMILES string of the molecule is COC1CCC=CN=C1SC. The summed E-state index contributed by atoms with van der Waals surface area (Å²) in [7, 11) is 1.74. The van der Waals surface area contributed by atoms with Gasteiger partial charge in [0.1, 0.15) is 11.1 Å². The molecule has 0 aromatic heterocycles. The molecule has 2 nitrogen and oxygen atoms in total. The topological polar surface area (TPSA) is 21.6 Å². The molecule has 1 rings (SSSR count). The van der Waals surface area contributed by atoms with Crippen molar-refractivity contribution in [1.29, 1.82) is 0 Å². The second-order valence-corrected chi connectivity index (χ2v) is 3.18. The summed E-state index contributed by atoms with van der Waals surface area (Å²) in [6.07, 6.45) is 8.29. The van der Waals surface area contributed by atoms with Crippen molar-refractivity contribution < 1.29 is 4.74 Å². The van der Waals surface area contributed by atoms with E-state index in [4.69, 9.17) is 4.74 Å². The molecule has 0 N–H and O–H groups in total. The highest BCUT2D eigenvalue weighted by atomic mass is 32.2. The number of thioether (sulfide) groups is 1. The molecule has 0 radical (unpaired) electrons. The molecule has 0 spiro atoms. The van der Waals surface area contributed by atoms with Gasteiger partial charge in [0.25, 0.3) is 0 Å². The number of rotatable bonds is 1. The maximum Gasteiger partial charge on any atom is 0.105 e. The molecular weight excluding hydrogens is 158 g/mol. The third-order valence-corrected chi connectivity index (χ3v) is 2.46. The van der Waals surface area contributed by atoms with Gasteiger partial charge in [-0.15, -0.1) is 11.8 Å². The molecular formula is C8H13NOS. The quantitative estimate of drug-likeness (QED) is 0.602. The molecule has 0 fully saturated rings. The normalized spacial score (nSPS) is 24.5. The Balaban J connectivity index is 2.64. The van der Waals surface area contributed by atoms with Crippen LogP contribution in [0.25, 0.3) is 0 Å². The summed E-state index contributed by atoms with van der Waals surface area (Å²) in [5.41, 5.74) is 0. The predicted octanol–water partition coefficient (Wildman–Crippen LogP) is 2.07. The van der Waals surface area contributed by atoms with Crippen LogP contribution in [-0.2, 0) is 4.74 Å². The molecule has 0 bridgehead atoms. The van der Waals surface area contributed by atoms with E-state index >= 15 is 0 Å². The first-order valence-corrected chi connectivity index (χ1v) is 4.90. The molecule has 0 saturated carbocycles. The number of hydrogen-bond donors (Lipinski definition) is 0. The van der Waals surface area contributed by atoms with Gasteiger partial charge in [0, 0.05) is 13.3 Å². The fraction of sp³-hybridized carbons (Fsp3) is 0.625. The molecule has 1 aliphatic rings. The van der Waals surface area contributed by atoms with Crippen LogP contribution < -0.4 is 0 Å². The van der Waals surface area contributed by atoms with E-state index in [1.54, 1.807) is 18.9 Å². The summed E-state index contributed by atoms with van der Waals surface area (Å²) in [5.74, 6) is 0. The number of methoxy groups -OCH3 is 1. The van der Waals surface area contributed by atoms with Gasteiger partial charge < -0.3 is 4.74 Å².